The number of carbonyl (C=O) groups is 2. The minimum atomic E-state index is -0.943. The van der Waals surface area contributed by atoms with Gasteiger partial charge >= 0.3 is 5.97 Å². The van der Waals surface area contributed by atoms with E-state index in [1.807, 2.05) is 0 Å². The summed E-state index contributed by atoms with van der Waals surface area (Å²) in [6, 6.07) is 4.35. The van der Waals surface area contributed by atoms with Crippen molar-refractivity contribution in [2.45, 2.75) is 23.8 Å². The predicted molar refractivity (Wildman–Crippen MR) is 79.6 cm³/mol. The number of hydrogen-bond acceptors (Lipinski definition) is 3. The summed E-state index contributed by atoms with van der Waals surface area (Å²) in [6.45, 7) is 0.500. The highest BCUT2D eigenvalue weighted by Crippen LogP contribution is 2.30. The summed E-state index contributed by atoms with van der Waals surface area (Å²) in [6.07, 6.45) is 1.24. The molecule has 7 heteroatoms. The van der Waals surface area contributed by atoms with Crippen LogP contribution in [-0.4, -0.2) is 40.2 Å². The largest absolute Gasteiger partial charge is 0.480 e. The lowest BCUT2D eigenvalue weighted by Gasteiger charge is -2.21. The number of carboxylic acid groups (broad SMARTS) is 1. The number of hydrogen-bond donors (Lipinski definition) is 1. The molecule has 108 valence electrons. The van der Waals surface area contributed by atoms with Gasteiger partial charge in [0.25, 0.3) is 0 Å². The van der Waals surface area contributed by atoms with Crippen LogP contribution in [0.3, 0.4) is 0 Å². The zero-order chi connectivity index (χ0) is 14.7. The maximum Gasteiger partial charge on any atom is 0.326 e. The Morgan fingerprint density at radius 2 is 2.15 bits per heavy atom. The second-order valence-corrected chi connectivity index (χ2v) is 6.31. The van der Waals surface area contributed by atoms with Gasteiger partial charge in [0.2, 0.25) is 5.91 Å². The van der Waals surface area contributed by atoms with Crippen LogP contribution >= 0.6 is 35.0 Å². The first-order valence-corrected chi connectivity index (χ1v) is 7.83. The van der Waals surface area contributed by atoms with Gasteiger partial charge in [0, 0.05) is 16.5 Å². The Morgan fingerprint density at radius 3 is 2.85 bits per heavy atom. The molecule has 0 aliphatic carbocycles. The van der Waals surface area contributed by atoms with Gasteiger partial charge in [0.1, 0.15) is 6.04 Å². The Bertz CT molecular complexity index is 538. The maximum absolute atomic E-state index is 12.1. The summed E-state index contributed by atoms with van der Waals surface area (Å²) in [7, 11) is 0. The Morgan fingerprint density at radius 1 is 1.40 bits per heavy atom. The Labute approximate surface area is 131 Å². The first-order valence-electron chi connectivity index (χ1n) is 6.09. The van der Waals surface area contributed by atoms with Gasteiger partial charge in [0.05, 0.1) is 10.8 Å². The van der Waals surface area contributed by atoms with E-state index in [9.17, 15) is 9.59 Å². The van der Waals surface area contributed by atoms with E-state index in [1.54, 1.807) is 18.2 Å². The Hall–Kier alpha value is -0.910. The smallest absolute Gasteiger partial charge is 0.326 e. The number of aliphatic carboxylic acids is 1. The molecule has 1 aliphatic rings. The molecule has 1 amide bonds. The van der Waals surface area contributed by atoms with E-state index in [1.165, 1.54) is 16.7 Å². The van der Waals surface area contributed by atoms with Crippen molar-refractivity contribution in [1.29, 1.82) is 0 Å². The van der Waals surface area contributed by atoms with E-state index in [0.29, 0.717) is 23.0 Å². The monoisotopic (exact) mass is 333 g/mol. The normalized spacial score (nSPS) is 18.3. The molecule has 0 radical (unpaired) electrons. The van der Waals surface area contributed by atoms with E-state index in [-0.39, 0.29) is 11.7 Å². The van der Waals surface area contributed by atoms with Crippen LogP contribution in [0.1, 0.15) is 12.8 Å². The summed E-state index contributed by atoms with van der Waals surface area (Å²) in [5.74, 6) is -0.971. The third-order valence-electron chi connectivity index (χ3n) is 3.10. The van der Waals surface area contributed by atoms with Crippen molar-refractivity contribution in [3.63, 3.8) is 0 Å². The van der Waals surface area contributed by atoms with Gasteiger partial charge in [-0.15, -0.1) is 11.8 Å². The predicted octanol–water partition coefficient (Wildman–Crippen LogP) is 3.16. The molecule has 1 atom stereocenters. The van der Waals surface area contributed by atoms with Crippen molar-refractivity contribution in [1.82, 2.24) is 4.90 Å². The molecule has 1 saturated heterocycles. The van der Waals surface area contributed by atoms with Crippen molar-refractivity contribution in [2.75, 3.05) is 12.3 Å². The number of carbonyl (C=O) groups excluding carboxylic acids is 1. The number of benzene rings is 1. The van der Waals surface area contributed by atoms with Gasteiger partial charge in [-0.05, 0) is 31.0 Å². The van der Waals surface area contributed by atoms with Gasteiger partial charge in [-0.3, -0.25) is 4.79 Å². The molecule has 0 saturated carbocycles. The van der Waals surface area contributed by atoms with Gasteiger partial charge < -0.3 is 10.0 Å². The fraction of sp³-hybridized carbons (Fsp3) is 0.385. The van der Waals surface area contributed by atoms with Crippen molar-refractivity contribution in [3.05, 3.63) is 28.2 Å². The standard InChI is InChI=1S/C13H13Cl2NO3S/c14-8-3-4-9(15)11(6-8)20-7-12(17)16-5-1-2-10(16)13(18)19/h3-4,6,10H,1-2,5,7H2,(H,18,19). The molecule has 20 heavy (non-hydrogen) atoms. The molecular formula is C13H13Cl2NO3S. The Kier molecular flexibility index (Phi) is 5.18. The van der Waals surface area contributed by atoms with Crippen LogP contribution in [0.25, 0.3) is 0 Å². The van der Waals surface area contributed by atoms with Gasteiger partial charge in [-0.1, -0.05) is 23.2 Å². The fourth-order valence-corrected chi connectivity index (χ4v) is 3.51. The highest BCUT2D eigenvalue weighted by atomic mass is 35.5. The minimum absolute atomic E-state index is 0.157. The second-order valence-electron chi connectivity index (χ2n) is 4.45. The number of amides is 1. The van der Waals surface area contributed by atoms with Gasteiger partial charge in [-0.2, -0.15) is 0 Å². The van der Waals surface area contributed by atoms with Crippen LogP contribution in [0.2, 0.25) is 10.0 Å². The van der Waals surface area contributed by atoms with Crippen LogP contribution in [0.5, 0.6) is 0 Å². The molecule has 1 heterocycles. The highest BCUT2D eigenvalue weighted by Gasteiger charge is 2.33. The molecule has 1 unspecified atom stereocenters. The van der Waals surface area contributed by atoms with E-state index in [2.05, 4.69) is 0 Å². The van der Waals surface area contributed by atoms with Gasteiger partial charge in [-0.25, -0.2) is 4.79 Å². The third-order valence-corrected chi connectivity index (χ3v) is 4.82. The van der Waals surface area contributed by atoms with Crippen LogP contribution in [0.4, 0.5) is 0 Å². The fourth-order valence-electron chi connectivity index (χ4n) is 2.13. The summed E-state index contributed by atoms with van der Waals surface area (Å²) >= 11 is 13.2. The molecule has 1 aromatic carbocycles. The van der Waals surface area contributed by atoms with Crippen molar-refractivity contribution >= 4 is 46.8 Å². The molecular weight excluding hydrogens is 321 g/mol. The lowest BCUT2D eigenvalue weighted by atomic mass is 10.2. The quantitative estimate of drug-likeness (QED) is 0.860. The lowest BCUT2D eigenvalue weighted by Crippen LogP contribution is -2.41. The highest BCUT2D eigenvalue weighted by molar-refractivity contribution is 8.00. The number of halogens is 2. The zero-order valence-corrected chi connectivity index (χ0v) is 12.8. The van der Waals surface area contributed by atoms with Crippen molar-refractivity contribution in [3.8, 4) is 0 Å². The number of thioether (sulfide) groups is 1. The summed E-state index contributed by atoms with van der Waals surface area (Å²) in [5.41, 5.74) is 0. The van der Waals surface area contributed by atoms with E-state index < -0.39 is 12.0 Å². The molecule has 1 aromatic rings. The summed E-state index contributed by atoms with van der Waals surface area (Å²) < 4.78 is 0. The number of carboxylic acids is 1. The lowest BCUT2D eigenvalue weighted by molar-refractivity contribution is -0.147. The number of rotatable bonds is 4. The average molecular weight is 334 g/mol. The molecule has 1 N–H and O–H groups in total. The van der Waals surface area contributed by atoms with Crippen molar-refractivity contribution in [2.24, 2.45) is 0 Å². The van der Waals surface area contributed by atoms with Crippen LogP contribution in [-0.2, 0) is 9.59 Å². The van der Waals surface area contributed by atoms with E-state index in [0.717, 1.165) is 11.3 Å². The third kappa shape index (κ3) is 3.59. The van der Waals surface area contributed by atoms with Crippen LogP contribution < -0.4 is 0 Å². The number of likely N-dealkylation sites (tertiary alicyclic amines) is 1. The topological polar surface area (TPSA) is 57.6 Å². The zero-order valence-electron chi connectivity index (χ0n) is 10.5. The maximum atomic E-state index is 12.1. The minimum Gasteiger partial charge on any atom is -0.480 e. The molecule has 1 fully saturated rings. The summed E-state index contributed by atoms with van der Waals surface area (Å²) in [4.78, 5) is 25.3. The average Bonchev–Trinajstić information content (AvgIpc) is 2.89. The van der Waals surface area contributed by atoms with Crippen LogP contribution in [0, 0.1) is 0 Å². The van der Waals surface area contributed by atoms with Crippen LogP contribution in [0.15, 0.2) is 23.1 Å². The van der Waals surface area contributed by atoms with E-state index >= 15 is 0 Å². The molecule has 4 nitrogen and oxygen atoms in total. The second kappa shape index (κ2) is 6.70. The first-order chi connectivity index (χ1) is 9.49. The van der Waals surface area contributed by atoms with Crippen molar-refractivity contribution < 1.29 is 14.7 Å². The molecule has 1 aliphatic heterocycles. The molecule has 2 rings (SSSR count). The Balaban J connectivity index is 1.98. The SMILES string of the molecule is O=C(O)C1CCCN1C(=O)CSc1cc(Cl)ccc1Cl. The van der Waals surface area contributed by atoms with Gasteiger partial charge in [0.15, 0.2) is 0 Å². The molecule has 0 bridgehead atoms. The number of nitrogens with zero attached hydrogens (tertiary/aromatic N) is 1. The summed E-state index contributed by atoms with van der Waals surface area (Å²) in [5, 5.41) is 10.1. The van der Waals surface area contributed by atoms with E-state index in [4.69, 9.17) is 28.3 Å². The molecule has 0 spiro atoms. The first kappa shape index (κ1) is 15.5. The molecule has 0 aromatic heterocycles.